The number of H-pyrrole nitrogens is 1. The van der Waals surface area contributed by atoms with Crippen LogP contribution in [-0.2, 0) is 6.42 Å². The molecule has 148 valence electrons. The molecule has 28 heavy (non-hydrogen) atoms. The van der Waals surface area contributed by atoms with E-state index >= 15 is 0 Å². The number of oxazole rings is 1. The highest BCUT2D eigenvalue weighted by Gasteiger charge is 2.22. The highest BCUT2D eigenvalue weighted by atomic mass is 16.4. The molecule has 2 aromatic heterocycles. The van der Waals surface area contributed by atoms with Crippen LogP contribution in [0.1, 0.15) is 36.4 Å². The SMILES string of the molecule is CCN1CCN(c2ncc(C(=O)CC(C)Cc3c[nH]c4ccccc34)o2)CC1. The van der Waals surface area contributed by atoms with Crippen LogP contribution in [0.2, 0.25) is 0 Å². The summed E-state index contributed by atoms with van der Waals surface area (Å²) in [5, 5.41) is 1.23. The van der Waals surface area contributed by atoms with Crippen molar-refractivity contribution < 1.29 is 9.21 Å². The zero-order chi connectivity index (χ0) is 19.5. The number of rotatable bonds is 7. The highest BCUT2D eigenvalue weighted by Crippen LogP contribution is 2.24. The van der Waals surface area contributed by atoms with Gasteiger partial charge in [-0.25, -0.2) is 4.98 Å². The van der Waals surface area contributed by atoms with Crippen LogP contribution in [-0.4, -0.2) is 53.4 Å². The second kappa shape index (κ2) is 8.19. The summed E-state index contributed by atoms with van der Waals surface area (Å²) in [4.78, 5) is 24.9. The van der Waals surface area contributed by atoms with Gasteiger partial charge in [0.1, 0.15) is 0 Å². The number of para-hydroxylation sites is 1. The molecule has 3 aromatic rings. The topological polar surface area (TPSA) is 65.4 Å². The van der Waals surface area contributed by atoms with E-state index in [1.165, 1.54) is 10.9 Å². The van der Waals surface area contributed by atoms with E-state index in [0.717, 1.165) is 44.7 Å². The van der Waals surface area contributed by atoms with Gasteiger partial charge in [0.2, 0.25) is 0 Å². The minimum atomic E-state index is 0.0262. The van der Waals surface area contributed by atoms with Gasteiger partial charge in [0.15, 0.2) is 11.5 Å². The van der Waals surface area contributed by atoms with Crippen LogP contribution in [0, 0.1) is 5.92 Å². The smallest absolute Gasteiger partial charge is 0.297 e. The molecule has 1 fully saturated rings. The summed E-state index contributed by atoms with van der Waals surface area (Å²) >= 11 is 0. The van der Waals surface area contributed by atoms with E-state index in [9.17, 15) is 4.79 Å². The lowest BCUT2D eigenvalue weighted by Gasteiger charge is -2.32. The van der Waals surface area contributed by atoms with E-state index in [0.29, 0.717) is 18.2 Å². The van der Waals surface area contributed by atoms with E-state index in [-0.39, 0.29) is 11.7 Å². The minimum absolute atomic E-state index is 0.0262. The first kappa shape index (κ1) is 18.7. The summed E-state index contributed by atoms with van der Waals surface area (Å²) < 4.78 is 5.80. The van der Waals surface area contributed by atoms with E-state index < -0.39 is 0 Å². The van der Waals surface area contributed by atoms with E-state index in [1.54, 1.807) is 6.20 Å². The number of aromatic nitrogens is 2. The van der Waals surface area contributed by atoms with Crippen molar-refractivity contribution in [1.29, 1.82) is 0 Å². The average molecular weight is 380 g/mol. The molecular formula is C22H28N4O2. The Labute approximate surface area is 165 Å². The fraction of sp³-hybridized carbons (Fsp3) is 0.455. The second-order valence-corrected chi connectivity index (χ2v) is 7.72. The zero-order valence-electron chi connectivity index (χ0n) is 16.6. The van der Waals surface area contributed by atoms with Crippen LogP contribution < -0.4 is 4.90 Å². The monoisotopic (exact) mass is 380 g/mol. The molecule has 0 radical (unpaired) electrons. The first-order valence-electron chi connectivity index (χ1n) is 10.2. The van der Waals surface area contributed by atoms with Gasteiger partial charge in [-0.3, -0.25) is 4.79 Å². The average Bonchev–Trinajstić information content (AvgIpc) is 3.36. The van der Waals surface area contributed by atoms with Crippen molar-refractivity contribution in [3.8, 4) is 0 Å². The number of Topliss-reactive ketones (excluding diaryl/α,β-unsaturated/α-hetero) is 1. The molecule has 6 heteroatoms. The van der Waals surface area contributed by atoms with Crippen molar-refractivity contribution in [2.24, 2.45) is 5.92 Å². The predicted octanol–water partition coefficient (Wildman–Crippen LogP) is 3.75. The van der Waals surface area contributed by atoms with Crippen LogP contribution in [0.25, 0.3) is 10.9 Å². The zero-order valence-corrected chi connectivity index (χ0v) is 16.6. The van der Waals surface area contributed by atoms with Crippen molar-refractivity contribution in [2.45, 2.75) is 26.7 Å². The molecule has 1 saturated heterocycles. The van der Waals surface area contributed by atoms with Crippen molar-refractivity contribution in [1.82, 2.24) is 14.9 Å². The van der Waals surface area contributed by atoms with Crippen molar-refractivity contribution in [3.05, 3.63) is 48.0 Å². The second-order valence-electron chi connectivity index (χ2n) is 7.72. The molecule has 3 heterocycles. The molecule has 4 rings (SSSR count). The molecule has 0 saturated carbocycles. The summed E-state index contributed by atoms with van der Waals surface area (Å²) in [5.74, 6) is 0.630. The number of carbonyl (C=O) groups excluding carboxylic acids is 1. The molecule has 0 aliphatic carbocycles. The normalized spacial score (nSPS) is 16.6. The van der Waals surface area contributed by atoms with Gasteiger partial charge in [0, 0.05) is 49.7 Å². The number of benzene rings is 1. The third-order valence-corrected chi connectivity index (χ3v) is 5.64. The Morgan fingerprint density at radius 2 is 2.04 bits per heavy atom. The largest absolute Gasteiger partial charge is 0.420 e. The molecule has 1 aromatic carbocycles. The van der Waals surface area contributed by atoms with Crippen LogP contribution in [0.4, 0.5) is 6.01 Å². The summed E-state index contributed by atoms with van der Waals surface area (Å²) in [6, 6.07) is 8.84. The standard InChI is InChI=1S/C22H28N4O2/c1-3-25-8-10-26(11-9-25)22-24-15-21(28-22)20(27)13-16(2)12-17-14-23-19-7-5-4-6-18(17)19/h4-7,14-16,23H,3,8-13H2,1-2H3. The molecule has 1 aliphatic heterocycles. The number of nitrogens with zero attached hydrogens (tertiary/aromatic N) is 3. The van der Waals surface area contributed by atoms with Crippen LogP contribution in [0.3, 0.4) is 0 Å². The van der Waals surface area contributed by atoms with Crippen molar-refractivity contribution >= 4 is 22.7 Å². The first-order chi connectivity index (χ1) is 13.6. The molecule has 6 nitrogen and oxygen atoms in total. The maximum absolute atomic E-state index is 12.7. The third-order valence-electron chi connectivity index (χ3n) is 5.64. The van der Waals surface area contributed by atoms with Gasteiger partial charge in [-0.05, 0) is 30.5 Å². The quantitative estimate of drug-likeness (QED) is 0.633. The number of nitrogens with one attached hydrogen (secondary N) is 1. The van der Waals surface area contributed by atoms with Gasteiger partial charge in [-0.15, -0.1) is 0 Å². The lowest BCUT2D eigenvalue weighted by molar-refractivity contribution is 0.0937. The lowest BCUT2D eigenvalue weighted by Crippen LogP contribution is -2.46. The highest BCUT2D eigenvalue weighted by molar-refractivity contribution is 5.93. The molecule has 1 unspecified atom stereocenters. The number of carbonyl (C=O) groups is 1. The molecular weight excluding hydrogens is 352 g/mol. The van der Waals surface area contributed by atoms with Gasteiger partial charge in [-0.1, -0.05) is 32.0 Å². The number of likely N-dealkylation sites (N-methyl/N-ethyl adjacent to an activating group) is 1. The Bertz CT molecular complexity index is 937. The number of fused-ring (bicyclic) bond motifs is 1. The Balaban J connectivity index is 1.35. The predicted molar refractivity (Wildman–Crippen MR) is 111 cm³/mol. The molecule has 1 N–H and O–H groups in total. The maximum atomic E-state index is 12.7. The number of piperazine rings is 1. The summed E-state index contributed by atoms with van der Waals surface area (Å²) in [6.45, 7) is 9.14. The van der Waals surface area contributed by atoms with E-state index in [1.807, 2.05) is 18.3 Å². The first-order valence-corrected chi connectivity index (χ1v) is 10.2. The Hall–Kier alpha value is -2.60. The molecule has 1 atom stereocenters. The molecule has 1 aliphatic rings. The summed E-state index contributed by atoms with van der Waals surface area (Å²) in [5.41, 5.74) is 2.39. The molecule has 0 bridgehead atoms. The fourth-order valence-electron chi connectivity index (χ4n) is 3.96. The minimum Gasteiger partial charge on any atom is -0.420 e. The van der Waals surface area contributed by atoms with E-state index in [2.05, 4.69) is 45.7 Å². The van der Waals surface area contributed by atoms with Gasteiger partial charge >= 0.3 is 0 Å². The lowest BCUT2D eigenvalue weighted by atomic mass is 9.95. The van der Waals surface area contributed by atoms with Crippen LogP contribution in [0.15, 0.2) is 41.1 Å². The van der Waals surface area contributed by atoms with Crippen molar-refractivity contribution in [3.63, 3.8) is 0 Å². The Morgan fingerprint density at radius 3 is 2.82 bits per heavy atom. The third kappa shape index (κ3) is 3.97. The molecule has 0 amide bonds. The molecule has 0 spiro atoms. The fourth-order valence-corrected chi connectivity index (χ4v) is 3.96. The van der Waals surface area contributed by atoms with Crippen molar-refractivity contribution in [2.75, 3.05) is 37.6 Å². The van der Waals surface area contributed by atoms with Crippen LogP contribution >= 0.6 is 0 Å². The number of hydrogen-bond acceptors (Lipinski definition) is 5. The Kier molecular flexibility index (Phi) is 5.48. The maximum Gasteiger partial charge on any atom is 0.297 e. The van der Waals surface area contributed by atoms with E-state index in [4.69, 9.17) is 4.42 Å². The van der Waals surface area contributed by atoms with Gasteiger partial charge in [0.25, 0.3) is 6.01 Å². The van der Waals surface area contributed by atoms with Gasteiger partial charge in [0.05, 0.1) is 6.20 Å². The van der Waals surface area contributed by atoms with Crippen LogP contribution in [0.5, 0.6) is 0 Å². The summed E-state index contributed by atoms with van der Waals surface area (Å²) in [6.07, 6.45) is 4.95. The number of aromatic amines is 1. The number of anilines is 1. The van der Waals surface area contributed by atoms with Gasteiger partial charge < -0.3 is 19.2 Å². The number of hydrogen-bond donors (Lipinski definition) is 1. The Morgan fingerprint density at radius 1 is 1.25 bits per heavy atom. The number of ketones is 1. The summed E-state index contributed by atoms with van der Waals surface area (Å²) in [7, 11) is 0. The van der Waals surface area contributed by atoms with Gasteiger partial charge in [-0.2, -0.15) is 0 Å².